The highest BCUT2D eigenvalue weighted by atomic mass is 32.2. The lowest BCUT2D eigenvalue weighted by molar-refractivity contribution is 0.442. The van der Waals surface area contributed by atoms with E-state index in [0.717, 1.165) is 12.8 Å². The van der Waals surface area contributed by atoms with Crippen LogP contribution in [0.4, 0.5) is 0 Å². The van der Waals surface area contributed by atoms with Crippen molar-refractivity contribution < 1.29 is 12.8 Å². The predicted octanol–water partition coefficient (Wildman–Crippen LogP) is 2.26. The molecular weight excluding hydrogens is 288 g/mol. The molecule has 1 aliphatic carbocycles. The third-order valence-electron chi connectivity index (χ3n) is 4.51. The summed E-state index contributed by atoms with van der Waals surface area (Å²) in [5.74, 6) is 1.70. The molecule has 21 heavy (non-hydrogen) atoms. The van der Waals surface area contributed by atoms with Gasteiger partial charge < -0.3 is 9.73 Å². The van der Waals surface area contributed by atoms with Crippen molar-refractivity contribution in [2.75, 3.05) is 13.1 Å². The monoisotopic (exact) mass is 312 g/mol. The van der Waals surface area contributed by atoms with Gasteiger partial charge in [-0.05, 0) is 32.1 Å². The Kier molecular flexibility index (Phi) is 4.12. The third kappa shape index (κ3) is 3.17. The average Bonchev–Trinajstić information content (AvgIpc) is 3.00. The van der Waals surface area contributed by atoms with E-state index in [2.05, 4.69) is 12.2 Å². The highest BCUT2D eigenvalue weighted by Gasteiger charge is 2.34. The standard InChI is InChI=1S/C15H24N2O3S/c1-3-12-6-7-17(10-12)21(18,19)15-8-14(20-11(15)2)9-16-13-4-5-13/h8,12-13,16H,3-7,9-10H2,1-2H3. The van der Waals surface area contributed by atoms with Crippen LogP contribution in [0.3, 0.4) is 0 Å². The van der Waals surface area contributed by atoms with Crippen LogP contribution in [0.1, 0.15) is 44.1 Å². The molecule has 1 atom stereocenters. The number of nitrogens with zero attached hydrogens (tertiary/aromatic N) is 1. The quantitative estimate of drug-likeness (QED) is 0.875. The summed E-state index contributed by atoms with van der Waals surface area (Å²) in [6, 6.07) is 2.28. The zero-order chi connectivity index (χ0) is 15.0. The van der Waals surface area contributed by atoms with E-state index in [4.69, 9.17) is 4.42 Å². The Bertz CT molecular complexity index is 604. The van der Waals surface area contributed by atoms with E-state index in [9.17, 15) is 8.42 Å². The Morgan fingerprint density at radius 3 is 2.76 bits per heavy atom. The maximum absolute atomic E-state index is 12.7. The molecule has 1 N–H and O–H groups in total. The minimum Gasteiger partial charge on any atom is -0.464 e. The van der Waals surface area contributed by atoms with Gasteiger partial charge in [-0.15, -0.1) is 0 Å². The van der Waals surface area contributed by atoms with Gasteiger partial charge >= 0.3 is 0 Å². The second-order valence-electron chi connectivity index (χ2n) is 6.21. The first-order valence-electron chi connectivity index (χ1n) is 7.83. The summed E-state index contributed by atoms with van der Waals surface area (Å²) in [4.78, 5) is 0.340. The normalized spacial score (nSPS) is 23.8. The number of rotatable bonds is 6. The van der Waals surface area contributed by atoms with Crippen LogP contribution in [-0.2, 0) is 16.6 Å². The molecule has 2 fully saturated rings. The van der Waals surface area contributed by atoms with Crippen LogP contribution in [-0.4, -0.2) is 31.9 Å². The van der Waals surface area contributed by atoms with Crippen molar-refractivity contribution in [2.24, 2.45) is 5.92 Å². The summed E-state index contributed by atoms with van der Waals surface area (Å²) in [6.45, 7) is 5.73. The zero-order valence-corrected chi connectivity index (χ0v) is 13.6. The summed E-state index contributed by atoms with van der Waals surface area (Å²) in [5, 5.41) is 3.35. The van der Waals surface area contributed by atoms with Crippen molar-refractivity contribution in [1.29, 1.82) is 0 Å². The Balaban J connectivity index is 1.75. The van der Waals surface area contributed by atoms with E-state index in [1.807, 2.05) is 0 Å². The highest BCUT2D eigenvalue weighted by Crippen LogP contribution is 2.29. The number of sulfonamides is 1. The predicted molar refractivity (Wildman–Crippen MR) is 80.5 cm³/mol. The van der Waals surface area contributed by atoms with Crippen LogP contribution in [0, 0.1) is 12.8 Å². The zero-order valence-electron chi connectivity index (χ0n) is 12.8. The van der Waals surface area contributed by atoms with Crippen LogP contribution in [0.15, 0.2) is 15.4 Å². The van der Waals surface area contributed by atoms with E-state index in [-0.39, 0.29) is 0 Å². The Hall–Kier alpha value is -0.850. The Labute approximate surface area is 126 Å². The Morgan fingerprint density at radius 2 is 2.14 bits per heavy atom. The van der Waals surface area contributed by atoms with Crippen LogP contribution < -0.4 is 5.32 Å². The molecule has 1 unspecified atom stereocenters. The molecular formula is C15H24N2O3S. The first-order chi connectivity index (χ1) is 10.0. The van der Waals surface area contributed by atoms with Crippen molar-refractivity contribution >= 4 is 10.0 Å². The van der Waals surface area contributed by atoms with Gasteiger partial charge in [-0.3, -0.25) is 0 Å². The van der Waals surface area contributed by atoms with Gasteiger partial charge in [0.2, 0.25) is 10.0 Å². The van der Waals surface area contributed by atoms with Crippen molar-refractivity contribution in [3.63, 3.8) is 0 Å². The molecule has 1 saturated heterocycles. The molecule has 0 aromatic carbocycles. The van der Waals surface area contributed by atoms with Crippen molar-refractivity contribution in [1.82, 2.24) is 9.62 Å². The van der Waals surface area contributed by atoms with E-state index in [0.29, 0.717) is 48.0 Å². The fourth-order valence-corrected chi connectivity index (χ4v) is 4.60. The van der Waals surface area contributed by atoms with Gasteiger partial charge in [0.25, 0.3) is 0 Å². The number of hydrogen-bond acceptors (Lipinski definition) is 4. The number of aryl methyl sites for hydroxylation is 1. The SMILES string of the molecule is CCC1CCN(S(=O)(=O)c2cc(CNC3CC3)oc2C)C1. The molecule has 0 amide bonds. The maximum Gasteiger partial charge on any atom is 0.246 e. The van der Waals surface area contributed by atoms with Crippen LogP contribution in [0.25, 0.3) is 0 Å². The van der Waals surface area contributed by atoms with Crippen molar-refractivity contribution in [3.8, 4) is 0 Å². The molecule has 3 rings (SSSR count). The molecule has 2 heterocycles. The second-order valence-corrected chi connectivity index (χ2v) is 8.12. The van der Waals surface area contributed by atoms with E-state index in [1.54, 1.807) is 17.3 Å². The summed E-state index contributed by atoms with van der Waals surface area (Å²) >= 11 is 0. The number of hydrogen-bond donors (Lipinski definition) is 1. The first kappa shape index (κ1) is 15.1. The summed E-state index contributed by atoms with van der Waals surface area (Å²) in [6.07, 6.45) is 4.41. The van der Waals surface area contributed by atoms with Gasteiger partial charge in [-0.2, -0.15) is 4.31 Å². The van der Waals surface area contributed by atoms with Gasteiger partial charge in [0.1, 0.15) is 16.4 Å². The van der Waals surface area contributed by atoms with Gasteiger partial charge in [0, 0.05) is 25.2 Å². The molecule has 1 aliphatic heterocycles. The van der Waals surface area contributed by atoms with E-state index in [1.165, 1.54) is 12.8 Å². The minimum atomic E-state index is -3.40. The molecule has 0 spiro atoms. The van der Waals surface area contributed by atoms with Crippen LogP contribution in [0.5, 0.6) is 0 Å². The smallest absolute Gasteiger partial charge is 0.246 e. The maximum atomic E-state index is 12.7. The topological polar surface area (TPSA) is 62.6 Å². The Morgan fingerprint density at radius 1 is 1.38 bits per heavy atom. The molecule has 1 saturated carbocycles. The second kappa shape index (κ2) is 5.74. The van der Waals surface area contributed by atoms with Crippen molar-refractivity contribution in [2.45, 2.75) is 57.0 Å². The van der Waals surface area contributed by atoms with Crippen LogP contribution in [0.2, 0.25) is 0 Å². The fraction of sp³-hybridized carbons (Fsp3) is 0.733. The molecule has 2 aliphatic rings. The average molecular weight is 312 g/mol. The summed E-state index contributed by atoms with van der Waals surface area (Å²) in [7, 11) is -3.40. The molecule has 6 heteroatoms. The van der Waals surface area contributed by atoms with E-state index < -0.39 is 10.0 Å². The first-order valence-corrected chi connectivity index (χ1v) is 9.27. The van der Waals surface area contributed by atoms with Gasteiger partial charge in [0.05, 0.1) is 6.54 Å². The van der Waals surface area contributed by atoms with E-state index >= 15 is 0 Å². The fourth-order valence-electron chi connectivity index (χ4n) is 2.89. The summed E-state index contributed by atoms with van der Waals surface area (Å²) < 4.78 is 32.7. The molecule has 0 radical (unpaired) electrons. The van der Waals surface area contributed by atoms with Crippen molar-refractivity contribution in [3.05, 3.63) is 17.6 Å². The number of nitrogens with one attached hydrogen (secondary N) is 1. The lowest BCUT2D eigenvalue weighted by Gasteiger charge is -2.15. The minimum absolute atomic E-state index is 0.340. The lowest BCUT2D eigenvalue weighted by Crippen LogP contribution is -2.29. The molecule has 1 aromatic rings. The molecule has 5 nitrogen and oxygen atoms in total. The van der Waals surface area contributed by atoms with Gasteiger partial charge in [0.15, 0.2) is 0 Å². The highest BCUT2D eigenvalue weighted by molar-refractivity contribution is 7.89. The third-order valence-corrected chi connectivity index (χ3v) is 6.48. The summed E-state index contributed by atoms with van der Waals surface area (Å²) in [5.41, 5.74) is 0. The van der Waals surface area contributed by atoms with Crippen LogP contribution >= 0.6 is 0 Å². The number of furan rings is 1. The van der Waals surface area contributed by atoms with Gasteiger partial charge in [-0.25, -0.2) is 8.42 Å². The lowest BCUT2D eigenvalue weighted by atomic mass is 10.1. The largest absolute Gasteiger partial charge is 0.464 e. The van der Waals surface area contributed by atoms with Gasteiger partial charge in [-0.1, -0.05) is 13.3 Å². The molecule has 0 bridgehead atoms. The molecule has 1 aromatic heterocycles. The molecule has 118 valence electrons.